The number of hydrogen-bond acceptors (Lipinski definition) is 11. The number of carbonyl (C=O) groups is 3. The van der Waals surface area contributed by atoms with Gasteiger partial charge in [0.2, 0.25) is 0 Å². The van der Waals surface area contributed by atoms with Gasteiger partial charge in [-0.05, 0) is 80.4 Å². The SMILES string of the molecule is C=CC(O)CO[C@]1(C)C[C@@H](C)CN[C@H](C)[C@H]2CC(=O)O[C@]2(C)[C@@H](CC)OC(=O)[C@H](C)C(=O)[C@H](C)[C@H]1OC1OC(C)CC(N(C)C)C1C. The third kappa shape index (κ3) is 9.02. The number of aliphatic hydroxyl groups excluding tert-OH is 1. The van der Waals surface area contributed by atoms with E-state index < -0.39 is 53.6 Å². The molecule has 5 unspecified atom stereocenters. The molecule has 0 bridgehead atoms. The summed E-state index contributed by atoms with van der Waals surface area (Å²) in [5, 5.41) is 14.1. The normalized spacial score (nSPS) is 43.3. The Labute approximate surface area is 282 Å². The van der Waals surface area contributed by atoms with Crippen LogP contribution in [0.3, 0.4) is 0 Å². The summed E-state index contributed by atoms with van der Waals surface area (Å²) in [5.74, 6) is -3.57. The number of ketones is 1. The number of esters is 2. The Bertz CT molecular complexity index is 1100. The van der Waals surface area contributed by atoms with E-state index in [1.807, 2.05) is 48.7 Å². The molecule has 3 heterocycles. The zero-order valence-electron chi connectivity index (χ0n) is 30.6. The minimum Gasteiger partial charge on any atom is -0.458 e. The molecule has 0 spiro atoms. The molecule has 3 rings (SSSR count). The Morgan fingerprint density at radius 3 is 2.38 bits per heavy atom. The molecular formula is C36H62N2O9. The maximum atomic E-state index is 14.3. The lowest BCUT2D eigenvalue weighted by atomic mass is 9.78. The Morgan fingerprint density at radius 1 is 1.13 bits per heavy atom. The predicted octanol–water partition coefficient (Wildman–Crippen LogP) is 3.90. The monoisotopic (exact) mass is 666 g/mol. The van der Waals surface area contributed by atoms with Gasteiger partial charge in [-0.15, -0.1) is 6.58 Å². The number of rotatable bonds is 8. The summed E-state index contributed by atoms with van der Waals surface area (Å²) in [6.45, 7) is 21.4. The second-order valence-electron chi connectivity index (χ2n) is 15.1. The molecular weight excluding hydrogens is 604 g/mol. The minimum atomic E-state index is -1.12. The van der Waals surface area contributed by atoms with Crippen LogP contribution in [0.4, 0.5) is 0 Å². The van der Waals surface area contributed by atoms with E-state index >= 15 is 0 Å². The number of cyclic esters (lactones) is 1. The molecule has 3 aliphatic rings. The fourth-order valence-corrected chi connectivity index (χ4v) is 8.04. The Morgan fingerprint density at radius 2 is 1.79 bits per heavy atom. The van der Waals surface area contributed by atoms with Gasteiger partial charge >= 0.3 is 11.9 Å². The van der Waals surface area contributed by atoms with Crippen LogP contribution >= 0.6 is 0 Å². The third-order valence-corrected chi connectivity index (χ3v) is 10.9. The number of Topliss-reactive ketones (excluding diaryl/α,β-unsaturated/α-hetero) is 1. The lowest BCUT2D eigenvalue weighted by Gasteiger charge is -2.48. The molecule has 3 fully saturated rings. The Balaban J connectivity index is 2.09. The van der Waals surface area contributed by atoms with Crippen molar-refractivity contribution in [2.24, 2.45) is 29.6 Å². The highest BCUT2D eigenvalue weighted by molar-refractivity contribution is 6.00. The van der Waals surface area contributed by atoms with Gasteiger partial charge in [0.15, 0.2) is 17.7 Å². The first-order valence-electron chi connectivity index (χ1n) is 17.5. The van der Waals surface area contributed by atoms with Crippen molar-refractivity contribution in [3.05, 3.63) is 12.7 Å². The molecule has 270 valence electrons. The fraction of sp³-hybridized carbons (Fsp3) is 0.861. The molecule has 3 aliphatic heterocycles. The van der Waals surface area contributed by atoms with Gasteiger partial charge < -0.3 is 39.0 Å². The molecule has 0 aliphatic carbocycles. The minimum absolute atomic E-state index is 0.0153. The lowest BCUT2D eigenvalue weighted by molar-refractivity contribution is -0.284. The van der Waals surface area contributed by atoms with Gasteiger partial charge in [0.25, 0.3) is 0 Å². The van der Waals surface area contributed by atoms with E-state index in [1.165, 1.54) is 6.08 Å². The lowest BCUT2D eigenvalue weighted by Crippen LogP contribution is -2.57. The van der Waals surface area contributed by atoms with Crippen LogP contribution in [0, 0.1) is 29.6 Å². The smallest absolute Gasteiger partial charge is 0.316 e. The van der Waals surface area contributed by atoms with Crippen LogP contribution in [0.1, 0.15) is 88.0 Å². The molecule has 2 N–H and O–H groups in total. The molecule has 14 atom stereocenters. The van der Waals surface area contributed by atoms with Crippen LogP contribution < -0.4 is 5.32 Å². The molecule has 3 saturated heterocycles. The van der Waals surface area contributed by atoms with Crippen molar-refractivity contribution < 1.29 is 43.2 Å². The quantitative estimate of drug-likeness (QED) is 0.222. The highest BCUT2D eigenvalue weighted by Gasteiger charge is 2.55. The predicted molar refractivity (Wildman–Crippen MR) is 178 cm³/mol. The molecule has 0 aromatic heterocycles. The Hall–Kier alpha value is -1.89. The van der Waals surface area contributed by atoms with Gasteiger partial charge in [0.05, 0.1) is 36.9 Å². The van der Waals surface area contributed by atoms with Crippen molar-refractivity contribution in [1.82, 2.24) is 10.2 Å². The standard InChI is InChI=1S/C36H62N2O9/c1-13-26(39)19-43-35(9)17-20(3)18-37-25(8)27-16-30(40)47-36(27,10)29(14-2)45-33(42)24(7)31(41)23(6)32(35)46-34-22(5)28(38(11)12)15-21(4)44-34/h13,20-29,32,34,37,39H,1,14-19H2,2-12H3/t20-,21?,22?,23+,24-,25-,26?,27-,28?,29-,32-,34?,35-,36+/m1/s1. The first kappa shape index (κ1) is 39.5. The summed E-state index contributed by atoms with van der Waals surface area (Å²) in [4.78, 5) is 42.8. The molecule has 11 heteroatoms. The second kappa shape index (κ2) is 16.2. The van der Waals surface area contributed by atoms with Crippen molar-refractivity contribution in [3.63, 3.8) is 0 Å². The highest BCUT2D eigenvalue weighted by atomic mass is 16.7. The van der Waals surface area contributed by atoms with Crippen molar-refractivity contribution in [2.75, 3.05) is 27.2 Å². The van der Waals surface area contributed by atoms with E-state index in [2.05, 4.69) is 30.6 Å². The summed E-state index contributed by atoms with van der Waals surface area (Å²) in [7, 11) is 4.08. The fourth-order valence-electron chi connectivity index (χ4n) is 8.04. The van der Waals surface area contributed by atoms with Crippen molar-refractivity contribution in [2.45, 2.75) is 142 Å². The van der Waals surface area contributed by atoms with Gasteiger partial charge in [0.1, 0.15) is 12.0 Å². The average Bonchev–Trinajstić information content (AvgIpc) is 3.33. The number of fused-ring (bicyclic) bond motifs is 1. The number of aliphatic hydroxyl groups is 1. The molecule has 0 radical (unpaired) electrons. The van der Waals surface area contributed by atoms with Crippen LogP contribution in [-0.4, -0.2) is 109 Å². The summed E-state index contributed by atoms with van der Waals surface area (Å²) in [6, 6.07) is 0.0405. The van der Waals surface area contributed by atoms with Gasteiger partial charge in [0, 0.05) is 29.8 Å². The summed E-state index contributed by atoms with van der Waals surface area (Å²) in [5.41, 5.74) is -2.14. The number of ether oxygens (including phenoxy) is 5. The van der Waals surface area contributed by atoms with Crippen LogP contribution in [0.5, 0.6) is 0 Å². The Kier molecular flexibility index (Phi) is 13.6. The zero-order valence-corrected chi connectivity index (χ0v) is 30.6. The molecule has 0 saturated carbocycles. The number of nitrogens with one attached hydrogen (secondary N) is 1. The van der Waals surface area contributed by atoms with Crippen LogP contribution in [0.25, 0.3) is 0 Å². The largest absolute Gasteiger partial charge is 0.458 e. The van der Waals surface area contributed by atoms with E-state index in [1.54, 1.807) is 13.8 Å². The van der Waals surface area contributed by atoms with Gasteiger partial charge in [-0.2, -0.15) is 0 Å². The average molecular weight is 667 g/mol. The molecule has 0 aromatic rings. The van der Waals surface area contributed by atoms with Crippen molar-refractivity contribution in [1.29, 1.82) is 0 Å². The van der Waals surface area contributed by atoms with Crippen LogP contribution in [0.2, 0.25) is 0 Å². The van der Waals surface area contributed by atoms with Crippen molar-refractivity contribution in [3.8, 4) is 0 Å². The van der Waals surface area contributed by atoms with E-state index in [-0.39, 0.29) is 60.7 Å². The number of hydrogen-bond donors (Lipinski definition) is 2. The topological polar surface area (TPSA) is 133 Å². The van der Waals surface area contributed by atoms with Gasteiger partial charge in [-0.3, -0.25) is 14.4 Å². The molecule has 0 aromatic carbocycles. The first-order chi connectivity index (χ1) is 21.9. The zero-order chi connectivity index (χ0) is 35.4. The van der Waals surface area contributed by atoms with E-state index in [0.29, 0.717) is 19.4 Å². The van der Waals surface area contributed by atoms with Crippen LogP contribution in [0.15, 0.2) is 12.7 Å². The first-order valence-corrected chi connectivity index (χ1v) is 17.5. The maximum Gasteiger partial charge on any atom is 0.316 e. The second-order valence-corrected chi connectivity index (χ2v) is 15.1. The van der Waals surface area contributed by atoms with Crippen molar-refractivity contribution >= 4 is 17.7 Å². The van der Waals surface area contributed by atoms with E-state index in [9.17, 15) is 19.5 Å². The third-order valence-electron chi connectivity index (χ3n) is 10.9. The molecule has 0 amide bonds. The van der Waals surface area contributed by atoms with E-state index in [4.69, 9.17) is 23.7 Å². The van der Waals surface area contributed by atoms with E-state index in [0.717, 1.165) is 6.42 Å². The maximum absolute atomic E-state index is 14.3. The molecule has 47 heavy (non-hydrogen) atoms. The highest BCUT2D eigenvalue weighted by Crippen LogP contribution is 2.42. The molecule has 11 nitrogen and oxygen atoms in total. The summed E-state index contributed by atoms with van der Waals surface area (Å²) in [6.07, 6.45) is 0.0955. The summed E-state index contributed by atoms with van der Waals surface area (Å²) < 4.78 is 31.7. The van der Waals surface area contributed by atoms with Gasteiger partial charge in [-0.25, -0.2) is 0 Å². The summed E-state index contributed by atoms with van der Waals surface area (Å²) >= 11 is 0. The number of nitrogens with zero attached hydrogens (tertiary/aromatic N) is 1. The van der Waals surface area contributed by atoms with Crippen LogP contribution in [-0.2, 0) is 38.1 Å². The van der Waals surface area contributed by atoms with Gasteiger partial charge in [-0.1, -0.05) is 33.8 Å². The number of carbonyl (C=O) groups excluding carboxylic acids is 3.